The highest BCUT2D eigenvalue weighted by molar-refractivity contribution is 6.09. The van der Waals surface area contributed by atoms with E-state index in [2.05, 4.69) is 55.5 Å². The third-order valence-corrected chi connectivity index (χ3v) is 4.51. The highest BCUT2D eigenvalue weighted by atomic mass is 16.1. The predicted octanol–water partition coefficient (Wildman–Crippen LogP) is 4.61. The monoisotopic (exact) mass is 260 g/mol. The van der Waals surface area contributed by atoms with Crippen molar-refractivity contribution >= 4 is 27.3 Å². The standard InChI is InChI=1S/C19H16O/c1-12-10-14(20)11-19-15(12)8-9-17-16-5-3-2-4-13(16)6-7-18(17)19/h2-9,12H,10-11H2,1H3. The normalized spacial score (nSPS) is 18.4. The summed E-state index contributed by atoms with van der Waals surface area (Å²) in [7, 11) is 0. The molecule has 0 fully saturated rings. The molecule has 1 aliphatic carbocycles. The summed E-state index contributed by atoms with van der Waals surface area (Å²) in [4.78, 5) is 11.9. The Labute approximate surface area is 118 Å². The second kappa shape index (κ2) is 4.17. The quantitative estimate of drug-likeness (QED) is 0.539. The summed E-state index contributed by atoms with van der Waals surface area (Å²) in [5, 5.41) is 5.05. The maximum atomic E-state index is 11.9. The molecule has 98 valence electrons. The van der Waals surface area contributed by atoms with Crippen LogP contribution in [0.3, 0.4) is 0 Å². The number of carbonyl (C=O) groups is 1. The number of rotatable bonds is 0. The lowest BCUT2D eigenvalue weighted by Gasteiger charge is -2.23. The summed E-state index contributed by atoms with van der Waals surface area (Å²) >= 11 is 0. The van der Waals surface area contributed by atoms with Gasteiger partial charge in [-0.3, -0.25) is 4.79 Å². The molecule has 1 atom stereocenters. The van der Waals surface area contributed by atoms with E-state index >= 15 is 0 Å². The van der Waals surface area contributed by atoms with E-state index in [4.69, 9.17) is 0 Å². The van der Waals surface area contributed by atoms with Crippen LogP contribution in [0.4, 0.5) is 0 Å². The molecule has 0 saturated carbocycles. The van der Waals surface area contributed by atoms with Gasteiger partial charge in [-0.25, -0.2) is 0 Å². The number of hydrogen-bond donors (Lipinski definition) is 0. The third kappa shape index (κ3) is 1.59. The molecule has 4 rings (SSSR count). The van der Waals surface area contributed by atoms with Crippen LogP contribution in [-0.2, 0) is 11.2 Å². The number of carbonyl (C=O) groups excluding carboxylic acids is 1. The molecular formula is C19H16O. The van der Waals surface area contributed by atoms with Gasteiger partial charge in [0, 0.05) is 12.8 Å². The molecule has 1 unspecified atom stereocenters. The lowest BCUT2D eigenvalue weighted by molar-refractivity contribution is -0.119. The first-order chi connectivity index (χ1) is 9.74. The van der Waals surface area contributed by atoms with Gasteiger partial charge >= 0.3 is 0 Å². The van der Waals surface area contributed by atoms with Gasteiger partial charge in [-0.1, -0.05) is 55.5 Å². The predicted molar refractivity (Wildman–Crippen MR) is 83.2 cm³/mol. The SMILES string of the molecule is CC1CC(=O)Cc2c1ccc1c2ccc2ccccc21. The average molecular weight is 260 g/mol. The maximum absolute atomic E-state index is 11.9. The second-order valence-electron chi connectivity index (χ2n) is 5.84. The maximum Gasteiger partial charge on any atom is 0.137 e. The minimum Gasteiger partial charge on any atom is -0.299 e. The number of Topliss-reactive ketones (excluding diaryl/α,β-unsaturated/α-hetero) is 1. The van der Waals surface area contributed by atoms with Crippen molar-refractivity contribution in [3.05, 3.63) is 59.7 Å². The summed E-state index contributed by atoms with van der Waals surface area (Å²) in [5.41, 5.74) is 2.60. The Kier molecular flexibility index (Phi) is 2.43. The first-order valence-corrected chi connectivity index (χ1v) is 7.19. The fourth-order valence-electron chi connectivity index (χ4n) is 3.55. The van der Waals surface area contributed by atoms with E-state index in [1.165, 1.54) is 32.7 Å². The van der Waals surface area contributed by atoms with E-state index in [9.17, 15) is 4.79 Å². The van der Waals surface area contributed by atoms with E-state index < -0.39 is 0 Å². The van der Waals surface area contributed by atoms with Crippen molar-refractivity contribution in [1.29, 1.82) is 0 Å². The van der Waals surface area contributed by atoms with Gasteiger partial charge in [-0.2, -0.15) is 0 Å². The number of hydrogen-bond acceptors (Lipinski definition) is 1. The Morgan fingerprint density at radius 2 is 1.70 bits per heavy atom. The van der Waals surface area contributed by atoms with Crippen molar-refractivity contribution in [2.24, 2.45) is 0 Å². The van der Waals surface area contributed by atoms with Crippen LogP contribution in [0.5, 0.6) is 0 Å². The highest BCUT2D eigenvalue weighted by Gasteiger charge is 2.23. The lowest BCUT2D eigenvalue weighted by Crippen LogP contribution is -2.16. The number of fused-ring (bicyclic) bond motifs is 5. The zero-order chi connectivity index (χ0) is 13.7. The Bertz CT molecular complexity index is 845. The second-order valence-corrected chi connectivity index (χ2v) is 5.84. The third-order valence-electron chi connectivity index (χ3n) is 4.51. The molecular weight excluding hydrogens is 244 g/mol. The van der Waals surface area contributed by atoms with Crippen LogP contribution in [0.1, 0.15) is 30.4 Å². The molecule has 0 radical (unpaired) electrons. The van der Waals surface area contributed by atoms with Crippen LogP contribution in [-0.4, -0.2) is 5.78 Å². The van der Waals surface area contributed by atoms with Crippen LogP contribution in [0.25, 0.3) is 21.5 Å². The van der Waals surface area contributed by atoms with Crippen molar-refractivity contribution in [3.63, 3.8) is 0 Å². The summed E-state index contributed by atoms with van der Waals surface area (Å²) in [6.45, 7) is 2.16. The van der Waals surface area contributed by atoms with Crippen molar-refractivity contribution in [2.45, 2.75) is 25.7 Å². The number of benzene rings is 3. The topological polar surface area (TPSA) is 17.1 Å². The van der Waals surface area contributed by atoms with Crippen LogP contribution in [0, 0.1) is 0 Å². The van der Waals surface area contributed by atoms with Crippen LogP contribution >= 0.6 is 0 Å². The van der Waals surface area contributed by atoms with Crippen LogP contribution in [0.15, 0.2) is 48.5 Å². The first-order valence-electron chi connectivity index (χ1n) is 7.19. The molecule has 0 aromatic heterocycles. The Morgan fingerprint density at radius 3 is 2.60 bits per heavy atom. The van der Waals surface area contributed by atoms with Gasteiger partial charge in [-0.05, 0) is 38.6 Å². The Morgan fingerprint density at radius 1 is 0.900 bits per heavy atom. The summed E-state index contributed by atoms with van der Waals surface area (Å²) < 4.78 is 0. The average Bonchev–Trinajstić information content (AvgIpc) is 2.46. The molecule has 1 heteroatoms. The van der Waals surface area contributed by atoms with Gasteiger partial charge in [0.05, 0.1) is 0 Å². The zero-order valence-corrected chi connectivity index (χ0v) is 11.5. The molecule has 3 aromatic carbocycles. The molecule has 0 bridgehead atoms. The molecule has 20 heavy (non-hydrogen) atoms. The summed E-state index contributed by atoms with van der Waals surface area (Å²) in [5.74, 6) is 0.716. The Hall–Kier alpha value is -2.15. The molecule has 0 aliphatic heterocycles. The minimum absolute atomic E-state index is 0.349. The fraction of sp³-hybridized carbons (Fsp3) is 0.211. The van der Waals surface area contributed by atoms with Crippen molar-refractivity contribution < 1.29 is 4.79 Å². The van der Waals surface area contributed by atoms with Gasteiger partial charge in [-0.15, -0.1) is 0 Å². The largest absolute Gasteiger partial charge is 0.299 e. The highest BCUT2D eigenvalue weighted by Crippen LogP contribution is 2.36. The van der Waals surface area contributed by atoms with E-state index in [1.54, 1.807) is 0 Å². The number of ketones is 1. The molecule has 0 heterocycles. The molecule has 0 amide bonds. The van der Waals surface area contributed by atoms with E-state index in [0.717, 1.165) is 0 Å². The fourth-order valence-corrected chi connectivity index (χ4v) is 3.55. The van der Waals surface area contributed by atoms with E-state index in [1.807, 2.05) is 0 Å². The van der Waals surface area contributed by atoms with Crippen molar-refractivity contribution in [2.75, 3.05) is 0 Å². The molecule has 3 aromatic rings. The minimum atomic E-state index is 0.349. The smallest absolute Gasteiger partial charge is 0.137 e. The molecule has 0 spiro atoms. The van der Waals surface area contributed by atoms with Crippen molar-refractivity contribution in [1.82, 2.24) is 0 Å². The van der Waals surface area contributed by atoms with Gasteiger partial charge in [0.25, 0.3) is 0 Å². The lowest BCUT2D eigenvalue weighted by atomic mass is 9.80. The molecule has 1 nitrogen and oxygen atoms in total. The van der Waals surface area contributed by atoms with E-state index in [-0.39, 0.29) is 0 Å². The zero-order valence-electron chi connectivity index (χ0n) is 11.5. The van der Waals surface area contributed by atoms with Gasteiger partial charge in [0.15, 0.2) is 0 Å². The Balaban J connectivity index is 2.12. The molecule has 0 N–H and O–H groups in total. The van der Waals surface area contributed by atoms with Gasteiger partial charge < -0.3 is 0 Å². The van der Waals surface area contributed by atoms with Crippen molar-refractivity contribution in [3.8, 4) is 0 Å². The molecule has 0 saturated heterocycles. The summed E-state index contributed by atoms with van der Waals surface area (Å²) in [6, 6.07) is 17.3. The van der Waals surface area contributed by atoms with Crippen LogP contribution < -0.4 is 0 Å². The first kappa shape index (κ1) is 11.7. The molecule has 1 aliphatic rings. The van der Waals surface area contributed by atoms with Gasteiger partial charge in [0.1, 0.15) is 5.78 Å². The van der Waals surface area contributed by atoms with Gasteiger partial charge in [0.2, 0.25) is 0 Å². The van der Waals surface area contributed by atoms with Crippen LogP contribution in [0.2, 0.25) is 0 Å². The van der Waals surface area contributed by atoms with E-state index in [0.29, 0.717) is 24.5 Å². The summed E-state index contributed by atoms with van der Waals surface area (Å²) in [6.07, 6.45) is 1.28.